The largest absolute Gasteiger partial charge is 0.496 e. The molecule has 0 radical (unpaired) electrons. The van der Waals surface area contributed by atoms with Crippen LogP contribution in [-0.4, -0.2) is 39.3 Å². The predicted octanol–water partition coefficient (Wildman–Crippen LogP) is 2.50. The highest BCUT2D eigenvalue weighted by Gasteiger charge is 2.19. The second kappa shape index (κ2) is 10.2. The first-order valence-electron chi connectivity index (χ1n) is 8.78. The molecule has 7 heteroatoms. The zero-order valence-electron chi connectivity index (χ0n) is 16.5. The Hall–Kier alpha value is -3.22. The summed E-state index contributed by atoms with van der Waals surface area (Å²) in [4.78, 5) is 24.4. The summed E-state index contributed by atoms with van der Waals surface area (Å²) >= 11 is 0. The van der Waals surface area contributed by atoms with Crippen molar-refractivity contribution < 1.29 is 28.5 Å². The molecule has 0 bridgehead atoms. The van der Waals surface area contributed by atoms with Crippen molar-refractivity contribution in [3.8, 4) is 17.2 Å². The number of esters is 1. The van der Waals surface area contributed by atoms with Gasteiger partial charge >= 0.3 is 5.97 Å². The molecular weight excluding hydrogens is 362 g/mol. The van der Waals surface area contributed by atoms with Crippen molar-refractivity contribution in [2.75, 3.05) is 21.3 Å². The predicted molar refractivity (Wildman–Crippen MR) is 104 cm³/mol. The molecule has 1 N–H and O–H groups in total. The van der Waals surface area contributed by atoms with Crippen molar-refractivity contribution in [3.05, 3.63) is 53.6 Å². The summed E-state index contributed by atoms with van der Waals surface area (Å²) in [6, 6.07) is 12.5. The van der Waals surface area contributed by atoms with Crippen LogP contribution in [0.4, 0.5) is 0 Å². The van der Waals surface area contributed by atoms with Crippen LogP contribution in [0.25, 0.3) is 0 Å². The Kier molecular flexibility index (Phi) is 7.68. The zero-order valence-corrected chi connectivity index (χ0v) is 16.5. The SMILES string of the molecule is COc1ccccc1CC(=O)O[C@H](C)C(=O)NCc1ccc(OC)c(OC)c1. The quantitative estimate of drug-likeness (QED) is 0.666. The molecule has 0 spiro atoms. The van der Waals surface area contributed by atoms with E-state index in [0.29, 0.717) is 22.8 Å². The van der Waals surface area contributed by atoms with Crippen LogP contribution in [0.2, 0.25) is 0 Å². The molecule has 2 rings (SSSR count). The highest BCUT2D eigenvalue weighted by Crippen LogP contribution is 2.27. The van der Waals surface area contributed by atoms with Crippen LogP contribution in [0.3, 0.4) is 0 Å². The second-order valence-electron chi connectivity index (χ2n) is 6.03. The summed E-state index contributed by atoms with van der Waals surface area (Å²) in [5.41, 5.74) is 1.53. The van der Waals surface area contributed by atoms with Gasteiger partial charge in [0.1, 0.15) is 5.75 Å². The molecule has 150 valence electrons. The number of ether oxygens (including phenoxy) is 4. The van der Waals surface area contributed by atoms with Crippen molar-refractivity contribution in [1.82, 2.24) is 5.32 Å². The van der Waals surface area contributed by atoms with Crippen LogP contribution in [0.1, 0.15) is 18.1 Å². The van der Waals surface area contributed by atoms with Crippen LogP contribution in [0.5, 0.6) is 17.2 Å². The lowest BCUT2D eigenvalue weighted by Crippen LogP contribution is -2.35. The van der Waals surface area contributed by atoms with Crippen LogP contribution < -0.4 is 19.5 Å². The maximum atomic E-state index is 12.2. The van der Waals surface area contributed by atoms with Gasteiger partial charge in [-0.1, -0.05) is 24.3 Å². The zero-order chi connectivity index (χ0) is 20.5. The molecule has 2 aromatic carbocycles. The van der Waals surface area contributed by atoms with Gasteiger partial charge in [0.05, 0.1) is 27.8 Å². The van der Waals surface area contributed by atoms with E-state index < -0.39 is 12.1 Å². The normalized spacial score (nSPS) is 11.3. The number of para-hydroxylation sites is 1. The molecule has 7 nitrogen and oxygen atoms in total. The number of nitrogens with one attached hydrogen (secondary N) is 1. The van der Waals surface area contributed by atoms with E-state index in [0.717, 1.165) is 5.56 Å². The number of carbonyl (C=O) groups excluding carboxylic acids is 2. The van der Waals surface area contributed by atoms with Gasteiger partial charge < -0.3 is 24.3 Å². The molecule has 0 unspecified atom stereocenters. The number of hydrogen-bond acceptors (Lipinski definition) is 6. The number of hydrogen-bond donors (Lipinski definition) is 1. The maximum absolute atomic E-state index is 12.2. The smallest absolute Gasteiger partial charge is 0.311 e. The van der Waals surface area contributed by atoms with Crippen LogP contribution in [0, 0.1) is 0 Å². The van der Waals surface area contributed by atoms with E-state index in [1.54, 1.807) is 38.5 Å². The average Bonchev–Trinajstić information content (AvgIpc) is 2.71. The van der Waals surface area contributed by atoms with Crippen molar-refractivity contribution in [1.29, 1.82) is 0 Å². The molecule has 0 saturated heterocycles. The van der Waals surface area contributed by atoms with E-state index in [1.807, 2.05) is 18.2 Å². The monoisotopic (exact) mass is 387 g/mol. The summed E-state index contributed by atoms with van der Waals surface area (Å²) < 4.78 is 20.9. The van der Waals surface area contributed by atoms with E-state index >= 15 is 0 Å². The number of methoxy groups -OCH3 is 3. The third kappa shape index (κ3) is 5.64. The molecule has 0 aliphatic carbocycles. The van der Waals surface area contributed by atoms with Gasteiger partial charge in [0, 0.05) is 12.1 Å². The summed E-state index contributed by atoms with van der Waals surface area (Å²) in [6.07, 6.45) is -0.889. The standard InChI is InChI=1S/C21H25NO6/c1-14(28-20(23)12-16-7-5-6-8-17(16)25-2)21(24)22-13-15-9-10-18(26-3)19(11-15)27-4/h5-11,14H,12-13H2,1-4H3,(H,22,24)/t14-/m1/s1. The first-order valence-corrected chi connectivity index (χ1v) is 8.78. The van der Waals surface area contributed by atoms with Gasteiger partial charge in [-0.05, 0) is 30.7 Å². The Bertz CT molecular complexity index is 820. The summed E-state index contributed by atoms with van der Waals surface area (Å²) in [7, 11) is 4.64. The Morgan fingerprint density at radius 2 is 1.61 bits per heavy atom. The maximum Gasteiger partial charge on any atom is 0.311 e. The van der Waals surface area contributed by atoms with Gasteiger partial charge in [0.15, 0.2) is 17.6 Å². The summed E-state index contributed by atoms with van der Waals surface area (Å²) in [5, 5.41) is 2.74. The third-order valence-corrected chi connectivity index (χ3v) is 4.12. The molecular formula is C21H25NO6. The molecule has 2 aromatic rings. The fourth-order valence-corrected chi connectivity index (χ4v) is 2.62. The van der Waals surface area contributed by atoms with E-state index in [-0.39, 0.29) is 18.9 Å². The molecule has 0 heterocycles. The van der Waals surface area contributed by atoms with E-state index in [9.17, 15) is 9.59 Å². The highest BCUT2D eigenvalue weighted by molar-refractivity contribution is 5.84. The van der Waals surface area contributed by atoms with Gasteiger partial charge in [-0.3, -0.25) is 9.59 Å². The Morgan fingerprint density at radius 1 is 0.929 bits per heavy atom. The molecule has 1 atom stereocenters. The van der Waals surface area contributed by atoms with E-state index in [4.69, 9.17) is 18.9 Å². The Morgan fingerprint density at radius 3 is 2.29 bits per heavy atom. The third-order valence-electron chi connectivity index (χ3n) is 4.12. The van der Waals surface area contributed by atoms with E-state index in [1.165, 1.54) is 14.0 Å². The fraction of sp³-hybridized carbons (Fsp3) is 0.333. The van der Waals surface area contributed by atoms with Crippen LogP contribution in [-0.2, 0) is 27.3 Å². The summed E-state index contributed by atoms with van der Waals surface area (Å²) in [6.45, 7) is 1.80. The van der Waals surface area contributed by atoms with Gasteiger partial charge in [0.25, 0.3) is 5.91 Å². The van der Waals surface area contributed by atoms with Gasteiger partial charge in [-0.25, -0.2) is 0 Å². The van der Waals surface area contributed by atoms with Gasteiger partial charge in [-0.15, -0.1) is 0 Å². The van der Waals surface area contributed by atoms with Crippen molar-refractivity contribution in [2.45, 2.75) is 26.0 Å². The minimum Gasteiger partial charge on any atom is -0.496 e. The average molecular weight is 387 g/mol. The van der Waals surface area contributed by atoms with Gasteiger partial charge in [-0.2, -0.15) is 0 Å². The molecule has 0 aromatic heterocycles. The lowest BCUT2D eigenvalue weighted by atomic mass is 10.1. The minimum absolute atomic E-state index is 0.0251. The lowest BCUT2D eigenvalue weighted by Gasteiger charge is -2.15. The number of carbonyl (C=O) groups is 2. The van der Waals surface area contributed by atoms with Crippen molar-refractivity contribution >= 4 is 11.9 Å². The molecule has 1 amide bonds. The first kappa shape index (κ1) is 21.1. The first-order chi connectivity index (χ1) is 13.5. The highest BCUT2D eigenvalue weighted by atomic mass is 16.5. The molecule has 28 heavy (non-hydrogen) atoms. The Labute approximate surface area is 164 Å². The molecule has 0 aliphatic rings. The van der Waals surface area contributed by atoms with Crippen molar-refractivity contribution in [2.24, 2.45) is 0 Å². The van der Waals surface area contributed by atoms with E-state index in [2.05, 4.69) is 5.32 Å². The molecule has 0 fully saturated rings. The van der Waals surface area contributed by atoms with Crippen molar-refractivity contribution in [3.63, 3.8) is 0 Å². The topological polar surface area (TPSA) is 83.1 Å². The molecule has 0 aliphatic heterocycles. The van der Waals surface area contributed by atoms with Gasteiger partial charge in [0.2, 0.25) is 0 Å². The lowest BCUT2D eigenvalue weighted by molar-refractivity contribution is -0.154. The fourth-order valence-electron chi connectivity index (χ4n) is 2.62. The molecule has 0 saturated carbocycles. The Balaban J connectivity index is 1.88. The number of amides is 1. The number of benzene rings is 2. The minimum atomic E-state index is -0.914. The second-order valence-corrected chi connectivity index (χ2v) is 6.03. The number of rotatable bonds is 9. The summed E-state index contributed by atoms with van der Waals surface area (Å²) in [5.74, 6) is 0.896. The van der Waals surface area contributed by atoms with Crippen LogP contribution >= 0.6 is 0 Å². The van der Waals surface area contributed by atoms with Crippen LogP contribution in [0.15, 0.2) is 42.5 Å².